The second kappa shape index (κ2) is 10.4. The number of aliphatic imine (C=N–C) groups is 1. The zero-order chi connectivity index (χ0) is 18.8. The maximum atomic E-state index is 12.7. The Balaban J connectivity index is 1.66. The van der Waals surface area contributed by atoms with Crippen LogP contribution >= 0.6 is 0 Å². The lowest BCUT2D eigenvalue weighted by Crippen LogP contribution is -2.38. The molecular weight excluding hydrogens is 345 g/mol. The van der Waals surface area contributed by atoms with Crippen molar-refractivity contribution in [3.8, 4) is 0 Å². The fourth-order valence-corrected chi connectivity index (χ4v) is 2.76. The van der Waals surface area contributed by atoms with E-state index in [1.807, 2.05) is 0 Å². The summed E-state index contributed by atoms with van der Waals surface area (Å²) in [5.74, 6) is 0.591. The number of nitrogens with zero attached hydrogens (tertiary/aromatic N) is 2. The number of halogens is 3. The predicted octanol–water partition coefficient (Wildman–Crippen LogP) is 2.48. The van der Waals surface area contributed by atoms with Crippen molar-refractivity contribution in [3.63, 3.8) is 0 Å². The molecule has 0 aliphatic carbocycles. The quantitative estimate of drug-likeness (QED) is 0.439. The number of unbranched alkanes of at least 4 members (excludes halogenated alkanes) is 1. The zero-order valence-electron chi connectivity index (χ0n) is 15.1. The van der Waals surface area contributed by atoms with E-state index in [2.05, 4.69) is 20.5 Å². The molecule has 0 amide bonds. The van der Waals surface area contributed by atoms with Crippen molar-refractivity contribution < 1.29 is 17.9 Å². The highest BCUT2D eigenvalue weighted by Gasteiger charge is 2.30. The number of morpholine rings is 1. The van der Waals surface area contributed by atoms with Crippen LogP contribution in [-0.4, -0.2) is 57.3 Å². The lowest BCUT2D eigenvalue weighted by molar-refractivity contribution is -0.137. The number of benzene rings is 1. The Kier molecular flexibility index (Phi) is 8.18. The fourth-order valence-electron chi connectivity index (χ4n) is 2.76. The van der Waals surface area contributed by atoms with Gasteiger partial charge in [-0.3, -0.25) is 9.89 Å². The molecule has 1 fully saturated rings. The molecule has 2 N–H and O–H groups in total. The van der Waals surface area contributed by atoms with Crippen LogP contribution in [0.5, 0.6) is 0 Å². The van der Waals surface area contributed by atoms with Gasteiger partial charge in [-0.1, -0.05) is 12.1 Å². The molecular formula is C18H27F3N4O. The van der Waals surface area contributed by atoms with E-state index in [1.165, 1.54) is 6.07 Å². The fraction of sp³-hybridized carbons (Fsp3) is 0.611. The first-order valence-electron chi connectivity index (χ1n) is 8.90. The van der Waals surface area contributed by atoms with Crippen LogP contribution in [0.3, 0.4) is 0 Å². The first kappa shape index (κ1) is 20.5. The van der Waals surface area contributed by atoms with Gasteiger partial charge in [0.1, 0.15) is 0 Å². The second-order valence-electron chi connectivity index (χ2n) is 6.21. The monoisotopic (exact) mass is 372 g/mol. The van der Waals surface area contributed by atoms with E-state index < -0.39 is 11.7 Å². The number of nitrogens with one attached hydrogen (secondary N) is 2. The van der Waals surface area contributed by atoms with Crippen LogP contribution in [0.1, 0.15) is 24.0 Å². The molecule has 0 bridgehead atoms. The highest BCUT2D eigenvalue weighted by Crippen LogP contribution is 2.29. The first-order chi connectivity index (χ1) is 12.5. The maximum absolute atomic E-state index is 12.7. The molecule has 1 aliphatic heterocycles. The summed E-state index contributed by atoms with van der Waals surface area (Å²) < 4.78 is 43.5. The summed E-state index contributed by atoms with van der Waals surface area (Å²) in [5.41, 5.74) is -0.0713. The van der Waals surface area contributed by atoms with Gasteiger partial charge in [-0.2, -0.15) is 13.2 Å². The molecule has 146 valence electrons. The minimum Gasteiger partial charge on any atom is -0.379 e. The van der Waals surface area contributed by atoms with Gasteiger partial charge in [0.15, 0.2) is 5.96 Å². The van der Waals surface area contributed by atoms with Crippen molar-refractivity contribution in [2.45, 2.75) is 25.6 Å². The maximum Gasteiger partial charge on any atom is 0.416 e. The lowest BCUT2D eigenvalue weighted by atomic mass is 10.1. The topological polar surface area (TPSA) is 48.9 Å². The van der Waals surface area contributed by atoms with Crippen LogP contribution in [-0.2, 0) is 17.5 Å². The molecule has 0 atom stereocenters. The normalized spacial score (nSPS) is 16.5. The van der Waals surface area contributed by atoms with E-state index in [4.69, 9.17) is 4.74 Å². The van der Waals surface area contributed by atoms with Gasteiger partial charge in [0.2, 0.25) is 0 Å². The predicted molar refractivity (Wildman–Crippen MR) is 96.1 cm³/mol. The van der Waals surface area contributed by atoms with Crippen molar-refractivity contribution in [2.24, 2.45) is 4.99 Å². The number of ether oxygens (including phenoxy) is 1. The molecule has 2 rings (SSSR count). The second-order valence-corrected chi connectivity index (χ2v) is 6.21. The Bertz CT molecular complexity index is 572. The van der Waals surface area contributed by atoms with Crippen molar-refractivity contribution in [3.05, 3.63) is 35.4 Å². The molecule has 0 radical (unpaired) electrons. The SMILES string of the molecule is CN=C(NCCCCN1CCOCC1)NCc1cccc(C(F)(F)F)c1. The molecule has 0 unspecified atom stereocenters. The number of guanidine groups is 1. The molecule has 26 heavy (non-hydrogen) atoms. The Labute approximate surface area is 152 Å². The summed E-state index contributed by atoms with van der Waals surface area (Å²) in [5, 5.41) is 6.24. The summed E-state index contributed by atoms with van der Waals surface area (Å²) in [6, 6.07) is 5.31. The minimum absolute atomic E-state index is 0.289. The van der Waals surface area contributed by atoms with Crippen molar-refractivity contribution in [1.29, 1.82) is 0 Å². The van der Waals surface area contributed by atoms with Crippen LogP contribution in [0.15, 0.2) is 29.3 Å². The summed E-state index contributed by atoms with van der Waals surface area (Å²) in [6.07, 6.45) is -2.24. The number of hydrogen-bond donors (Lipinski definition) is 2. The van der Waals surface area contributed by atoms with Gasteiger partial charge >= 0.3 is 6.18 Å². The van der Waals surface area contributed by atoms with Gasteiger partial charge in [0, 0.05) is 33.2 Å². The van der Waals surface area contributed by atoms with Crippen LogP contribution < -0.4 is 10.6 Å². The van der Waals surface area contributed by atoms with Crippen LogP contribution in [0.4, 0.5) is 13.2 Å². The molecule has 0 saturated carbocycles. The van der Waals surface area contributed by atoms with E-state index >= 15 is 0 Å². The van der Waals surface area contributed by atoms with E-state index in [0.717, 1.165) is 64.4 Å². The molecule has 8 heteroatoms. The summed E-state index contributed by atoms with van der Waals surface area (Å²) in [6.45, 7) is 5.72. The Morgan fingerprint density at radius 2 is 1.96 bits per heavy atom. The van der Waals surface area contributed by atoms with Gasteiger partial charge in [-0.05, 0) is 37.1 Å². The van der Waals surface area contributed by atoms with Gasteiger partial charge in [0.05, 0.1) is 18.8 Å². The molecule has 1 aliphatic rings. The molecule has 1 aromatic carbocycles. The lowest BCUT2D eigenvalue weighted by Gasteiger charge is -2.26. The van der Waals surface area contributed by atoms with Gasteiger partial charge < -0.3 is 15.4 Å². The highest BCUT2D eigenvalue weighted by molar-refractivity contribution is 5.79. The van der Waals surface area contributed by atoms with Crippen LogP contribution in [0.2, 0.25) is 0 Å². The van der Waals surface area contributed by atoms with E-state index in [9.17, 15) is 13.2 Å². The molecule has 0 spiro atoms. The van der Waals surface area contributed by atoms with Gasteiger partial charge in [-0.15, -0.1) is 0 Å². The summed E-state index contributed by atoms with van der Waals surface area (Å²) >= 11 is 0. The third kappa shape index (κ3) is 7.21. The minimum atomic E-state index is -4.32. The van der Waals surface area contributed by atoms with Crippen LogP contribution in [0.25, 0.3) is 0 Å². The average Bonchev–Trinajstić information content (AvgIpc) is 2.64. The van der Waals surface area contributed by atoms with E-state index in [0.29, 0.717) is 11.5 Å². The van der Waals surface area contributed by atoms with Crippen molar-refractivity contribution in [1.82, 2.24) is 15.5 Å². The van der Waals surface area contributed by atoms with E-state index in [1.54, 1.807) is 13.1 Å². The zero-order valence-corrected chi connectivity index (χ0v) is 15.1. The van der Waals surface area contributed by atoms with Gasteiger partial charge in [0.25, 0.3) is 0 Å². The van der Waals surface area contributed by atoms with Crippen molar-refractivity contribution in [2.75, 3.05) is 46.4 Å². The number of alkyl halides is 3. The largest absolute Gasteiger partial charge is 0.416 e. The average molecular weight is 372 g/mol. The Hall–Kier alpha value is -1.80. The third-order valence-corrected chi connectivity index (χ3v) is 4.24. The summed E-state index contributed by atoms with van der Waals surface area (Å²) in [7, 11) is 1.65. The molecule has 5 nitrogen and oxygen atoms in total. The Morgan fingerprint density at radius 3 is 2.65 bits per heavy atom. The summed E-state index contributed by atoms with van der Waals surface area (Å²) in [4.78, 5) is 6.50. The molecule has 1 saturated heterocycles. The Morgan fingerprint density at radius 1 is 1.19 bits per heavy atom. The molecule has 1 aromatic rings. The standard InChI is InChI=1S/C18H27F3N4O/c1-22-17(23-7-2-3-8-25-9-11-26-12-10-25)24-14-15-5-4-6-16(13-15)18(19,20)21/h4-6,13H,2-3,7-12,14H2,1H3,(H2,22,23,24). The highest BCUT2D eigenvalue weighted by atomic mass is 19.4. The van der Waals surface area contributed by atoms with Gasteiger partial charge in [-0.25, -0.2) is 0 Å². The molecule has 0 aromatic heterocycles. The smallest absolute Gasteiger partial charge is 0.379 e. The van der Waals surface area contributed by atoms with E-state index in [-0.39, 0.29) is 6.54 Å². The number of rotatable bonds is 7. The first-order valence-corrected chi connectivity index (χ1v) is 8.90. The van der Waals surface area contributed by atoms with Crippen molar-refractivity contribution >= 4 is 5.96 Å². The van der Waals surface area contributed by atoms with Crippen LogP contribution in [0, 0.1) is 0 Å². The number of hydrogen-bond acceptors (Lipinski definition) is 3. The third-order valence-electron chi connectivity index (χ3n) is 4.24. The molecule has 1 heterocycles.